The summed E-state index contributed by atoms with van der Waals surface area (Å²) in [5, 5.41) is 14.7. The Morgan fingerprint density at radius 3 is 2.40 bits per heavy atom. The van der Waals surface area contributed by atoms with E-state index in [9.17, 15) is 4.79 Å². The van der Waals surface area contributed by atoms with E-state index in [0.717, 1.165) is 22.9 Å². The van der Waals surface area contributed by atoms with Crippen LogP contribution in [0.15, 0.2) is 54.7 Å². The molecule has 0 atom stereocenters. The second kappa shape index (κ2) is 8.77. The average molecular weight is 403 g/mol. The highest BCUT2D eigenvalue weighted by atomic mass is 16.2. The molecule has 0 bridgehead atoms. The van der Waals surface area contributed by atoms with Crippen LogP contribution in [0.4, 0.5) is 27.9 Å². The number of carbonyl (C=O) groups excluding carboxylic acids is 1. The average Bonchev–Trinajstić information content (AvgIpc) is 2.78. The fourth-order valence-corrected chi connectivity index (χ4v) is 3.29. The van der Waals surface area contributed by atoms with Crippen molar-refractivity contribution in [3.05, 3.63) is 65.9 Å². The Morgan fingerprint density at radius 2 is 1.73 bits per heavy atom. The van der Waals surface area contributed by atoms with Crippen LogP contribution in [-0.2, 0) is 0 Å². The van der Waals surface area contributed by atoms with Crippen molar-refractivity contribution in [1.29, 1.82) is 0 Å². The largest absolute Gasteiger partial charge is 0.352 e. The monoisotopic (exact) mass is 403 g/mol. The smallest absolute Gasteiger partial charge is 0.321 e. The number of rotatable bonds is 4. The minimum atomic E-state index is -0.0705. The van der Waals surface area contributed by atoms with Gasteiger partial charge in [0.1, 0.15) is 5.82 Å². The summed E-state index contributed by atoms with van der Waals surface area (Å²) in [6.45, 7) is 6.79. The number of pyridine rings is 1. The molecular formula is C22H25N7O. The van der Waals surface area contributed by atoms with Gasteiger partial charge in [-0.3, -0.25) is 0 Å². The van der Waals surface area contributed by atoms with E-state index < -0.39 is 0 Å². The molecule has 3 heterocycles. The van der Waals surface area contributed by atoms with Crippen molar-refractivity contribution in [2.24, 2.45) is 0 Å². The maximum Gasteiger partial charge on any atom is 0.321 e. The Morgan fingerprint density at radius 1 is 0.900 bits per heavy atom. The summed E-state index contributed by atoms with van der Waals surface area (Å²) in [6.07, 6.45) is 1.72. The molecule has 1 saturated heterocycles. The van der Waals surface area contributed by atoms with Crippen molar-refractivity contribution >= 4 is 29.2 Å². The number of piperazine rings is 1. The standard InChI is InChI=1S/C22H25N7O/c1-16-6-7-18(15-17(16)2)24-22(30)29-13-11-28(12-14-29)21-9-8-20(26-27-21)25-19-5-3-4-10-23-19/h3-10,15H,11-14H2,1-2H3,(H,24,30)(H,23,25,26). The van der Waals surface area contributed by atoms with Gasteiger partial charge in [0.05, 0.1) is 0 Å². The van der Waals surface area contributed by atoms with Crippen molar-refractivity contribution in [2.45, 2.75) is 13.8 Å². The number of hydrogen-bond acceptors (Lipinski definition) is 6. The summed E-state index contributed by atoms with van der Waals surface area (Å²) in [5.74, 6) is 2.17. The van der Waals surface area contributed by atoms with Gasteiger partial charge >= 0.3 is 6.03 Å². The molecule has 0 saturated carbocycles. The Bertz CT molecular complexity index is 1000. The Hall–Kier alpha value is -3.68. The van der Waals surface area contributed by atoms with Crippen molar-refractivity contribution in [3.8, 4) is 0 Å². The second-order valence-electron chi connectivity index (χ2n) is 7.32. The minimum Gasteiger partial charge on any atom is -0.352 e. The van der Waals surface area contributed by atoms with Gasteiger partial charge in [0.2, 0.25) is 0 Å². The molecular weight excluding hydrogens is 378 g/mol. The molecule has 154 valence electrons. The van der Waals surface area contributed by atoms with Gasteiger partial charge in [-0.2, -0.15) is 0 Å². The molecule has 1 fully saturated rings. The van der Waals surface area contributed by atoms with E-state index in [-0.39, 0.29) is 6.03 Å². The van der Waals surface area contributed by atoms with Gasteiger partial charge in [0.15, 0.2) is 11.6 Å². The third-order valence-corrected chi connectivity index (χ3v) is 5.22. The van der Waals surface area contributed by atoms with Crippen LogP contribution in [0.2, 0.25) is 0 Å². The normalized spacial score (nSPS) is 13.8. The molecule has 2 amide bonds. The zero-order valence-corrected chi connectivity index (χ0v) is 17.2. The van der Waals surface area contributed by atoms with E-state index in [4.69, 9.17) is 0 Å². The number of hydrogen-bond donors (Lipinski definition) is 2. The number of nitrogens with one attached hydrogen (secondary N) is 2. The molecule has 0 radical (unpaired) electrons. The van der Waals surface area contributed by atoms with Crippen LogP contribution in [-0.4, -0.2) is 52.3 Å². The summed E-state index contributed by atoms with van der Waals surface area (Å²) >= 11 is 0. The first kappa shape index (κ1) is 19.6. The van der Waals surface area contributed by atoms with Gasteiger partial charge in [0, 0.05) is 38.1 Å². The van der Waals surface area contributed by atoms with Gasteiger partial charge in [0.25, 0.3) is 0 Å². The second-order valence-corrected chi connectivity index (χ2v) is 7.32. The van der Waals surface area contributed by atoms with E-state index in [1.807, 2.05) is 60.4 Å². The summed E-state index contributed by atoms with van der Waals surface area (Å²) in [4.78, 5) is 20.8. The first-order chi connectivity index (χ1) is 14.6. The van der Waals surface area contributed by atoms with Gasteiger partial charge in [-0.15, -0.1) is 10.2 Å². The molecule has 2 N–H and O–H groups in total. The molecule has 3 aromatic rings. The molecule has 0 spiro atoms. The Labute approximate surface area is 176 Å². The van der Waals surface area contributed by atoms with E-state index in [1.54, 1.807) is 6.20 Å². The quantitative estimate of drug-likeness (QED) is 0.692. The summed E-state index contributed by atoms with van der Waals surface area (Å²) in [7, 11) is 0. The highest BCUT2D eigenvalue weighted by Crippen LogP contribution is 2.18. The molecule has 8 nitrogen and oxygen atoms in total. The molecule has 0 unspecified atom stereocenters. The lowest BCUT2D eigenvalue weighted by molar-refractivity contribution is 0.208. The summed E-state index contributed by atoms with van der Waals surface area (Å²) < 4.78 is 0. The topological polar surface area (TPSA) is 86.3 Å². The van der Waals surface area contributed by atoms with E-state index >= 15 is 0 Å². The molecule has 30 heavy (non-hydrogen) atoms. The lowest BCUT2D eigenvalue weighted by atomic mass is 10.1. The summed E-state index contributed by atoms with van der Waals surface area (Å²) in [5.41, 5.74) is 3.20. The van der Waals surface area contributed by atoms with E-state index in [0.29, 0.717) is 32.0 Å². The zero-order valence-electron chi connectivity index (χ0n) is 17.2. The van der Waals surface area contributed by atoms with Crippen molar-refractivity contribution in [2.75, 3.05) is 41.7 Å². The van der Waals surface area contributed by atoms with Crippen molar-refractivity contribution < 1.29 is 4.79 Å². The maximum atomic E-state index is 12.6. The first-order valence-electron chi connectivity index (χ1n) is 9.98. The Balaban J connectivity index is 1.30. The number of amides is 2. The van der Waals surface area contributed by atoms with Crippen LogP contribution in [0.5, 0.6) is 0 Å². The van der Waals surface area contributed by atoms with Crippen molar-refractivity contribution in [1.82, 2.24) is 20.1 Å². The molecule has 1 aliphatic heterocycles. The minimum absolute atomic E-state index is 0.0705. The molecule has 1 aromatic carbocycles. The van der Waals surface area contributed by atoms with Gasteiger partial charge < -0.3 is 20.4 Å². The van der Waals surface area contributed by atoms with Gasteiger partial charge in [-0.05, 0) is 61.4 Å². The fourth-order valence-electron chi connectivity index (χ4n) is 3.29. The third-order valence-electron chi connectivity index (χ3n) is 5.22. The van der Waals surface area contributed by atoms with Crippen LogP contribution in [0.3, 0.4) is 0 Å². The SMILES string of the molecule is Cc1ccc(NC(=O)N2CCN(c3ccc(Nc4ccccn4)nn3)CC2)cc1C. The molecule has 1 aliphatic rings. The molecule has 0 aliphatic carbocycles. The lowest BCUT2D eigenvalue weighted by Crippen LogP contribution is -2.50. The maximum absolute atomic E-state index is 12.6. The van der Waals surface area contributed by atoms with Crippen molar-refractivity contribution in [3.63, 3.8) is 0 Å². The molecule has 8 heteroatoms. The number of carbonyl (C=O) groups is 1. The number of urea groups is 1. The van der Waals surface area contributed by atoms with E-state index in [1.165, 1.54) is 5.56 Å². The van der Waals surface area contributed by atoms with Crippen LogP contribution in [0.25, 0.3) is 0 Å². The molecule has 2 aromatic heterocycles. The van der Waals surface area contributed by atoms with E-state index in [2.05, 4.69) is 37.6 Å². The van der Waals surface area contributed by atoms with Gasteiger partial charge in [-0.25, -0.2) is 9.78 Å². The highest BCUT2D eigenvalue weighted by Gasteiger charge is 2.22. The predicted molar refractivity (Wildman–Crippen MR) is 118 cm³/mol. The third kappa shape index (κ3) is 4.65. The van der Waals surface area contributed by atoms with Crippen LogP contribution < -0.4 is 15.5 Å². The number of aryl methyl sites for hydroxylation is 2. The highest BCUT2D eigenvalue weighted by molar-refractivity contribution is 5.89. The van der Waals surface area contributed by atoms with Crippen LogP contribution in [0, 0.1) is 13.8 Å². The number of anilines is 4. The van der Waals surface area contributed by atoms with Gasteiger partial charge in [-0.1, -0.05) is 12.1 Å². The Kier molecular flexibility index (Phi) is 5.74. The number of nitrogens with zero attached hydrogens (tertiary/aromatic N) is 5. The van der Waals surface area contributed by atoms with Crippen LogP contribution in [0.1, 0.15) is 11.1 Å². The zero-order chi connectivity index (χ0) is 20.9. The predicted octanol–water partition coefficient (Wildman–Crippen LogP) is 3.59. The molecule has 4 rings (SSSR count). The number of aromatic nitrogens is 3. The number of benzene rings is 1. The summed E-state index contributed by atoms with van der Waals surface area (Å²) in [6, 6.07) is 15.4. The van der Waals surface area contributed by atoms with Crippen LogP contribution >= 0.6 is 0 Å². The lowest BCUT2D eigenvalue weighted by Gasteiger charge is -2.35. The fraction of sp³-hybridized carbons (Fsp3) is 0.273. The first-order valence-corrected chi connectivity index (χ1v) is 9.98.